The van der Waals surface area contributed by atoms with E-state index >= 15 is 0 Å². The minimum atomic E-state index is -3.64. The molecule has 1 N–H and O–H groups in total. The molecule has 0 aliphatic carbocycles. The van der Waals surface area contributed by atoms with E-state index in [9.17, 15) is 13.2 Å². The standard InChI is InChI=1S/C17H19ClN2O3S/c1-12(13-7-5-4-6-8-13)19-17(21)15-11-14(9-10-16(15)18)24(22,23)20(2)3/h4-12H,1-3H3,(H,19,21)/t12-/m1/s1. The van der Waals surface area contributed by atoms with E-state index in [0.29, 0.717) is 0 Å². The minimum absolute atomic E-state index is 0.0226. The Labute approximate surface area is 147 Å². The highest BCUT2D eigenvalue weighted by atomic mass is 35.5. The van der Waals surface area contributed by atoms with Crippen LogP contribution in [0.4, 0.5) is 0 Å². The van der Waals surface area contributed by atoms with E-state index in [1.54, 1.807) is 0 Å². The van der Waals surface area contributed by atoms with Gasteiger partial charge >= 0.3 is 0 Å². The molecule has 128 valence electrons. The van der Waals surface area contributed by atoms with Gasteiger partial charge in [-0.3, -0.25) is 4.79 Å². The third-order valence-corrected chi connectivity index (χ3v) is 5.75. The molecule has 0 aliphatic rings. The van der Waals surface area contributed by atoms with Crippen molar-refractivity contribution >= 4 is 27.5 Å². The molecule has 0 aliphatic heterocycles. The van der Waals surface area contributed by atoms with Gasteiger partial charge in [0.25, 0.3) is 5.91 Å². The zero-order chi connectivity index (χ0) is 17.9. The second kappa shape index (κ2) is 7.34. The Morgan fingerprint density at radius 3 is 2.33 bits per heavy atom. The molecule has 0 heterocycles. The molecule has 2 aromatic carbocycles. The van der Waals surface area contributed by atoms with Crippen molar-refractivity contribution in [1.82, 2.24) is 9.62 Å². The van der Waals surface area contributed by atoms with Crippen LogP contribution in [0.3, 0.4) is 0 Å². The van der Waals surface area contributed by atoms with Crippen LogP contribution in [-0.4, -0.2) is 32.7 Å². The molecule has 7 heteroatoms. The van der Waals surface area contributed by atoms with Crippen LogP contribution in [-0.2, 0) is 10.0 Å². The number of nitrogens with one attached hydrogen (secondary N) is 1. The van der Waals surface area contributed by atoms with Gasteiger partial charge in [-0.2, -0.15) is 0 Å². The molecule has 1 amide bonds. The van der Waals surface area contributed by atoms with E-state index in [1.165, 1.54) is 32.3 Å². The number of benzene rings is 2. The number of carbonyl (C=O) groups excluding carboxylic acids is 1. The van der Waals surface area contributed by atoms with Crippen molar-refractivity contribution in [1.29, 1.82) is 0 Å². The van der Waals surface area contributed by atoms with Crippen molar-refractivity contribution in [2.75, 3.05) is 14.1 Å². The van der Waals surface area contributed by atoms with Crippen molar-refractivity contribution in [3.63, 3.8) is 0 Å². The predicted octanol–water partition coefficient (Wildman–Crippen LogP) is 3.08. The van der Waals surface area contributed by atoms with Gasteiger partial charge in [-0.1, -0.05) is 41.9 Å². The van der Waals surface area contributed by atoms with E-state index in [-0.39, 0.29) is 21.5 Å². The van der Waals surface area contributed by atoms with Gasteiger partial charge in [0.1, 0.15) is 0 Å². The minimum Gasteiger partial charge on any atom is -0.345 e. The highest BCUT2D eigenvalue weighted by molar-refractivity contribution is 7.89. The first-order valence-corrected chi connectivity index (χ1v) is 9.13. The molecule has 0 bridgehead atoms. The Balaban J connectivity index is 2.30. The summed E-state index contributed by atoms with van der Waals surface area (Å²) in [7, 11) is -0.772. The summed E-state index contributed by atoms with van der Waals surface area (Å²) in [6, 6.07) is 13.3. The normalized spacial score (nSPS) is 12.9. The third kappa shape index (κ3) is 3.95. The van der Waals surface area contributed by atoms with Crippen LogP contribution >= 0.6 is 11.6 Å². The predicted molar refractivity (Wildman–Crippen MR) is 94.6 cm³/mol. The lowest BCUT2D eigenvalue weighted by atomic mass is 10.1. The van der Waals surface area contributed by atoms with Crippen LogP contribution in [0.25, 0.3) is 0 Å². The first-order chi connectivity index (χ1) is 11.2. The topological polar surface area (TPSA) is 66.5 Å². The van der Waals surface area contributed by atoms with Crippen LogP contribution < -0.4 is 5.32 Å². The van der Waals surface area contributed by atoms with Gasteiger partial charge in [0.2, 0.25) is 10.0 Å². The van der Waals surface area contributed by atoms with E-state index in [4.69, 9.17) is 11.6 Å². The van der Waals surface area contributed by atoms with Crippen molar-refractivity contribution in [2.24, 2.45) is 0 Å². The van der Waals surface area contributed by atoms with E-state index < -0.39 is 15.9 Å². The number of hydrogen-bond acceptors (Lipinski definition) is 3. The molecule has 1 atom stereocenters. The Kier molecular flexibility index (Phi) is 5.64. The summed E-state index contributed by atoms with van der Waals surface area (Å²) in [6.45, 7) is 1.85. The van der Waals surface area contributed by atoms with Gasteiger partial charge in [-0.05, 0) is 30.7 Å². The van der Waals surface area contributed by atoms with Crippen LogP contribution in [0.2, 0.25) is 5.02 Å². The number of hydrogen-bond donors (Lipinski definition) is 1. The quantitative estimate of drug-likeness (QED) is 0.884. The molecule has 2 rings (SSSR count). The molecule has 0 saturated heterocycles. The molecule has 0 unspecified atom stereocenters. The lowest BCUT2D eigenvalue weighted by molar-refractivity contribution is 0.0940. The molecule has 5 nitrogen and oxygen atoms in total. The Morgan fingerprint density at radius 1 is 1.12 bits per heavy atom. The fraction of sp³-hybridized carbons (Fsp3) is 0.235. The summed E-state index contributed by atoms with van der Waals surface area (Å²) in [5.41, 5.74) is 1.07. The van der Waals surface area contributed by atoms with Crippen LogP contribution in [0.15, 0.2) is 53.4 Å². The highest BCUT2D eigenvalue weighted by Gasteiger charge is 2.21. The zero-order valence-corrected chi connectivity index (χ0v) is 15.2. The van der Waals surface area contributed by atoms with Gasteiger partial charge in [0, 0.05) is 14.1 Å². The second-order valence-corrected chi connectivity index (χ2v) is 8.09. The number of rotatable bonds is 5. The SMILES string of the molecule is C[C@@H](NC(=O)c1cc(S(=O)(=O)N(C)C)ccc1Cl)c1ccccc1. The van der Waals surface area contributed by atoms with Crippen LogP contribution in [0, 0.1) is 0 Å². The third-order valence-electron chi connectivity index (χ3n) is 3.61. The molecular weight excluding hydrogens is 348 g/mol. The monoisotopic (exact) mass is 366 g/mol. The fourth-order valence-corrected chi connectivity index (χ4v) is 3.28. The molecule has 0 radical (unpaired) electrons. The number of sulfonamides is 1. The first-order valence-electron chi connectivity index (χ1n) is 7.31. The highest BCUT2D eigenvalue weighted by Crippen LogP contribution is 2.23. The van der Waals surface area contributed by atoms with Gasteiger partial charge < -0.3 is 5.32 Å². The van der Waals surface area contributed by atoms with Crippen molar-refractivity contribution in [3.8, 4) is 0 Å². The van der Waals surface area contributed by atoms with Crippen LogP contribution in [0.5, 0.6) is 0 Å². The molecule has 2 aromatic rings. The number of nitrogens with zero attached hydrogens (tertiary/aromatic N) is 1. The maximum absolute atomic E-state index is 12.5. The van der Waals surface area contributed by atoms with Crippen molar-refractivity contribution in [3.05, 3.63) is 64.7 Å². The van der Waals surface area contributed by atoms with Crippen molar-refractivity contribution in [2.45, 2.75) is 17.9 Å². The molecule has 0 aromatic heterocycles. The fourth-order valence-electron chi connectivity index (χ4n) is 2.15. The zero-order valence-electron chi connectivity index (χ0n) is 13.7. The number of amides is 1. The average Bonchev–Trinajstić information content (AvgIpc) is 2.55. The summed E-state index contributed by atoms with van der Waals surface area (Å²) >= 11 is 6.08. The van der Waals surface area contributed by atoms with Gasteiger partial charge in [0.05, 0.1) is 21.5 Å². The number of carbonyl (C=O) groups is 1. The Bertz CT molecular complexity index is 836. The number of halogens is 1. The lowest BCUT2D eigenvalue weighted by Crippen LogP contribution is -2.27. The Morgan fingerprint density at radius 2 is 1.75 bits per heavy atom. The molecule has 0 saturated carbocycles. The maximum atomic E-state index is 12.5. The molecular formula is C17H19ClN2O3S. The van der Waals surface area contributed by atoms with Crippen LogP contribution in [0.1, 0.15) is 28.9 Å². The lowest BCUT2D eigenvalue weighted by Gasteiger charge is -2.16. The first kappa shape index (κ1) is 18.4. The van der Waals surface area contributed by atoms with Gasteiger partial charge in [0.15, 0.2) is 0 Å². The maximum Gasteiger partial charge on any atom is 0.253 e. The average molecular weight is 367 g/mol. The van der Waals surface area contributed by atoms with Gasteiger partial charge in [-0.25, -0.2) is 12.7 Å². The summed E-state index contributed by atoms with van der Waals surface area (Å²) in [5, 5.41) is 3.03. The van der Waals surface area contributed by atoms with Gasteiger partial charge in [-0.15, -0.1) is 0 Å². The summed E-state index contributed by atoms with van der Waals surface area (Å²) < 4.78 is 25.5. The smallest absolute Gasteiger partial charge is 0.253 e. The summed E-state index contributed by atoms with van der Waals surface area (Å²) in [4.78, 5) is 12.5. The van der Waals surface area contributed by atoms with E-state index in [2.05, 4.69) is 5.32 Å². The van der Waals surface area contributed by atoms with Crippen molar-refractivity contribution < 1.29 is 13.2 Å². The Hall–Kier alpha value is -1.89. The molecule has 0 fully saturated rings. The van der Waals surface area contributed by atoms with E-state index in [1.807, 2.05) is 37.3 Å². The van der Waals surface area contributed by atoms with E-state index in [0.717, 1.165) is 9.87 Å². The summed E-state index contributed by atoms with van der Waals surface area (Å²) in [6.07, 6.45) is 0. The largest absolute Gasteiger partial charge is 0.345 e. The summed E-state index contributed by atoms with van der Waals surface area (Å²) in [5.74, 6) is -0.424. The second-order valence-electron chi connectivity index (χ2n) is 5.53. The molecule has 24 heavy (non-hydrogen) atoms. The molecule has 0 spiro atoms.